The summed E-state index contributed by atoms with van der Waals surface area (Å²) in [6.45, 7) is 1.23. The lowest BCUT2D eigenvalue weighted by Gasteiger charge is -2.30. The van der Waals surface area contributed by atoms with Crippen molar-refractivity contribution in [3.63, 3.8) is 0 Å². The van der Waals surface area contributed by atoms with Gasteiger partial charge in [-0.25, -0.2) is 0 Å². The van der Waals surface area contributed by atoms with Crippen molar-refractivity contribution in [2.75, 3.05) is 32.2 Å². The lowest BCUT2D eigenvalue weighted by molar-refractivity contribution is -0.112. The highest BCUT2D eigenvalue weighted by Crippen LogP contribution is 2.28. The van der Waals surface area contributed by atoms with Gasteiger partial charge in [-0.1, -0.05) is 6.07 Å². The molecule has 0 spiro atoms. The van der Waals surface area contributed by atoms with E-state index in [1.54, 1.807) is 18.0 Å². The van der Waals surface area contributed by atoms with Crippen LogP contribution in [0.15, 0.2) is 18.2 Å². The van der Waals surface area contributed by atoms with E-state index in [1.807, 2.05) is 19.1 Å². The fourth-order valence-electron chi connectivity index (χ4n) is 2.15. The normalized spacial score (nSPS) is 16.7. The lowest BCUT2D eigenvalue weighted by atomic mass is 10.0. The molecule has 0 saturated heterocycles. The second kappa shape index (κ2) is 8.30. The summed E-state index contributed by atoms with van der Waals surface area (Å²) in [5.74, 6) is 0.616. The molecule has 0 aliphatic carbocycles. The Morgan fingerprint density at radius 2 is 1.68 bits per heavy atom. The highest BCUT2D eigenvalue weighted by atomic mass is 16.5. The summed E-state index contributed by atoms with van der Waals surface area (Å²) in [5.41, 5.74) is 1.74. The molecule has 0 aromatic heterocycles. The molecule has 0 saturated carbocycles. The van der Waals surface area contributed by atoms with Crippen LogP contribution in [0.4, 0.5) is 5.69 Å². The van der Waals surface area contributed by atoms with E-state index < -0.39 is 31.0 Å². The Hall–Kier alpha value is -1.38. The number of anilines is 1. The Balaban J connectivity index is 2.79. The fourth-order valence-corrected chi connectivity index (χ4v) is 2.15. The number of aliphatic hydroxyl groups excluding tert-OH is 5. The van der Waals surface area contributed by atoms with E-state index in [-0.39, 0.29) is 6.54 Å². The molecule has 0 heterocycles. The lowest BCUT2D eigenvalue weighted by Crippen LogP contribution is -2.49. The number of methoxy groups -OCH3 is 1. The number of benzene rings is 1. The van der Waals surface area contributed by atoms with E-state index in [1.165, 1.54) is 7.11 Å². The summed E-state index contributed by atoms with van der Waals surface area (Å²) >= 11 is 0. The van der Waals surface area contributed by atoms with Gasteiger partial charge in [0, 0.05) is 13.6 Å². The van der Waals surface area contributed by atoms with Gasteiger partial charge in [-0.05, 0) is 24.6 Å². The largest absolute Gasteiger partial charge is 0.495 e. The average Bonchev–Trinajstić information content (AvgIpc) is 2.52. The van der Waals surface area contributed by atoms with Crippen molar-refractivity contribution in [3.05, 3.63) is 23.8 Å². The maximum absolute atomic E-state index is 10.0. The van der Waals surface area contributed by atoms with Crippen molar-refractivity contribution in [1.82, 2.24) is 0 Å². The molecule has 0 fully saturated rings. The van der Waals surface area contributed by atoms with Crippen molar-refractivity contribution in [2.24, 2.45) is 0 Å². The van der Waals surface area contributed by atoms with E-state index in [9.17, 15) is 20.4 Å². The molecule has 4 unspecified atom stereocenters. The van der Waals surface area contributed by atoms with E-state index in [2.05, 4.69) is 0 Å². The molecule has 5 N–H and O–H groups in total. The number of aryl methyl sites for hydroxylation is 1. The standard InChI is InChI=1S/C15H25NO6/c1-9-4-5-13(22-3)10(6-9)16(2)7-11(18)14(20)15(21)12(19)8-17/h4-6,11-12,14-15,17-21H,7-8H2,1-3H3. The van der Waals surface area contributed by atoms with E-state index >= 15 is 0 Å². The van der Waals surface area contributed by atoms with Crippen molar-refractivity contribution >= 4 is 5.69 Å². The number of nitrogens with zero attached hydrogens (tertiary/aromatic N) is 1. The van der Waals surface area contributed by atoms with Crippen molar-refractivity contribution < 1.29 is 30.3 Å². The predicted octanol–water partition coefficient (Wildman–Crippen LogP) is -1.12. The molecule has 7 nitrogen and oxygen atoms in total. The number of likely N-dealkylation sites (N-methyl/N-ethyl adjacent to an activating group) is 1. The molecule has 0 bridgehead atoms. The van der Waals surface area contributed by atoms with Gasteiger partial charge in [0.1, 0.15) is 24.1 Å². The quantitative estimate of drug-likeness (QED) is 0.413. The second-order valence-corrected chi connectivity index (χ2v) is 5.35. The van der Waals surface area contributed by atoms with Crippen LogP contribution in [0.25, 0.3) is 0 Å². The number of hydrogen-bond donors (Lipinski definition) is 5. The van der Waals surface area contributed by atoms with Crippen LogP contribution < -0.4 is 9.64 Å². The number of hydrogen-bond acceptors (Lipinski definition) is 7. The minimum Gasteiger partial charge on any atom is -0.495 e. The van der Waals surface area contributed by atoms with Gasteiger partial charge in [0.05, 0.1) is 25.5 Å². The summed E-state index contributed by atoms with van der Waals surface area (Å²) < 4.78 is 5.26. The van der Waals surface area contributed by atoms with Gasteiger partial charge in [-0.15, -0.1) is 0 Å². The number of ether oxygens (including phenoxy) is 1. The third kappa shape index (κ3) is 4.56. The van der Waals surface area contributed by atoms with Crippen LogP contribution in [-0.2, 0) is 0 Å². The first-order valence-corrected chi connectivity index (χ1v) is 7.00. The molecule has 7 heteroatoms. The molecule has 0 amide bonds. The third-order valence-electron chi connectivity index (χ3n) is 3.53. The average molecular weight is 315 g/mol. The summed E-state index contributed by atoms with van der Waals surface area (Å²) in [7, 11) is 3.25. The highest BCUT2D eigenvalue weighted by molar-refractivity contribution is 5.59. The van der Waals surface area contributed by atoms with Crippen LogP contribution in [0, 0.1) is 6.92 Å². The van der Waals surface area contributed by atoms with Gasteiger partial charge in [0.2, 0.25) is 0 Å². The Labute approximate surface area is 130 Å². The molecule has 0 aliphatic heterocycles. The SMILES string of the molecule is COc1ccc(C)cc1N(C)CC(O)C(O)C(O)C(O)CO. The molecule has 0 radical (unpaired) electrons. The van der Waals surface area contributed by atoms with E-state index in [0.29, 0.717) is 5.75 Å². The molecule has 1 rings (SSSR count). The molecule has 4 atom stereocenters. The number of rotatable bonds is 8. The van der Waals surface area contributed by atoms with Gasteiger partial charge >= 0.3 is 0 Å². The van der Waals surface area contributed by atoms with Crippen LogP contribution >= 0.6 is 0 Å². The van der Waals surface area contributed by atoms with Crippen molar-refractivity contribution in [3.8, 4) is 5.75 Å². The van der Waals surface area contributed by atoms with Gasteiger partial charge in [0.15, 0.2) is 0 Å². The van der Waals surface area contributed by atoms with Gasteiger partial charge in [0.25, 0.3) is 0 Å². The first-order valence-electron chi connectivity index (χ1n) is 7.00. The Morgan fingerprint density at radius 3 is 2.23 bits per heavy atom. The maximum Gasteiger partial charge on any atom is 0.142 e. The molecule has 126 valence electrons. The second-order valence-electron chi connectivity index (χ2n) is 5.35. The molecule has 1 aromatic carbocycles. The number of aliphatic hydroxyl groups is 5. The molecular weight excluding hydrogens is 290 g/mol. The third-order valence-corrected chi connectivity index (χ3v) is 3.53. The molecule has 0 aliphatic rings. The highest BCUT2D eigenvalue weighted by Gasteiger charge is 2.30. The smallest absolute Gasteiger partial charge is 0.142 e. The zero-order valence-electron chi connectivity index (χ0n) is 13.0. The van der Waals surface area contributed by atoms with Crippen LogP contribution in [0.1, 0.15) is 5.56 Å². The fraction of sp³-hybridized carbons (Fsp3) is 0.600. The molecule has 1 aromatic rings. The Kier molecular flexibility index (Phi) is 7.05. The zero-order valence-corrected chi connectivity index (χ0v) is 13.0. The molecular formula is C15H25NO6. The summed E-state index contributed by atoms with van der Waals surface area (Å²) in [5, 5.41) is 47.5. The minimum absolute atomic E-state index is 0.0101. The van der Waals surface area contributed by atoms with Gasteiger partial charge in [-0.3, -0.25) is 0 Å². The van der Waals surface area contributed by atoms with E-state index in [0.717, 1.165) is 11.3 Å². The van der Waals surface area contributed by atoms with Crippen LogP contribution in [0.2, 0.25) is 0 Å². The van der Waals surface area contributed by atoms with Crippen LogP contribution in [0.3, 0.4) is 0 Å². The van der Waals surface area contributed by atoms with Crippen molar-refractivity contribution in [2.45, 2.75) is 31.3 Å². The Morgan fingerprint density at radius 1 is 1.09 bits per heavy atom. The van der Waals surface area contributed by atoms with Crippen LogP contribution in [-0.4, -0.2) is 77.3 Å². The summed E-state index contributed by atoms with van der Waals surface area (Å²) in [6, 6.07) is 5.56. The predicted molar refractivity (Wildman–Crippen MR) is 82.1 cm³/mol. The monoisotopic (exact) mass is 315 g/mol. The topological polar surface area (TPSA) is 114 Å². The first kappa shape index (κ1) is 18.7. The summed E-state index contributed by atoms with van der Waals surface area (Å²) in [4.78, 5) is 1.68. The minimum atomic E-state index is -1.63. The zero-order chi connectivity index (χ0) is 16.9. The first-order chi connectivity index (χ1) is 10.3. The molecule has 22 heavy (non-hydrogen) atoms. The van der Waals surface area contributed by atoms with Crippen LogP contribution in [0.5, 0.6) is 5.75 Å². The van der Waals surface area contributed by atoms with Gasteiger partial charge < -0.3 is 35.2 Å². The van der Waals surface area contributed by atoms with E-state index in [4.69, 9.17) is 9.84 Å². The Bertz CT molecular complexity index is 469. The summed E-state index contributed by atoms with van der Waals surface area (Å²) in [6.07, 6.45) is -6.04. The maximum atomic E-state index is 10.0. The van der Waals surface area contributed by atoms with Gasteiger partial charge in [-0.2, -0.15) is 0 Å². The van der Waals surface area contributed by atoms with Crippen molar-refractivity contribution in [1.29, 1.82) is 0 Å².